The van der Waals surface area contributed by atoms with Gasteiger partial charge in [-0.25, -0.2) is 4.39 Å². The lowest BCUT2D eigenvalue weighted by Gasteiger charge is -2.11. The Morgan fingerprint density at radius 1 is 0.826 bits per heavy atom. The minimum atomic E-state index is -0.194. The van der Waals surface area contributed by atoms with E-state index in [4.69, 9.17) is 0 Å². The molecule has 3 aromatic carbocycles. The predicted octanol–water partition coefficient (Wildman–Crippen LogP) is 6.40. The van der Waals surface area contributed by atoms with Gasteiger partial charge in [0.05, 0.1) is 0 Å². The van der Waals surface area contributed by atoms with Crippen molar-refractivity contribution < 1.29 is 4.39 Å². The lowest BCUT2D eigenvalue weighted by molar-refractivity contribution is 0.628. The van der Waals surface area contributed by atoms with Gasteiger partial charge in [0.2, 0.25) is 0 Å². The fraction of sp³-hybridized carbons (Fsp3) is 0.143. The smallest absolute Gasteiger partial charge is 0.123 e. The molecule has 0 amide bonds. The molecule has 0 bridgehead atoms. The Morgan fingerprint density at radius 3 is 2.30 bits per heavy atom. The fourth-order valence-electron chi connectivity index (χ4n) is 2.58. The van der Waals surface area contributed by atoms with Crippen LogP contribution in [0.3, 0.4) is 0 Å². The maximum atomic E-state index is 13.5. The molecule has 0 spiro atoms. The van der Waals surface area contributed by atoms with Gasteiger partial charge in [-0.05, 0) is 54.8 Å². The lowest BCUT2D eigenvalue weighted by atomic mass is 9.99. The quantitative estimate of drug-likeness (QED) is 0.501. The van der Waals surface area contributed by atoms with E-state index in [0.29, 0.717) is 0 Å². The van der Waals surface area contributed by atoms with Crippen LogP contribution in [0.1, 0.15) is 16.7 Å². The number of benzene rings is 3. The van der Waals surface area contributed by atoms with Crippen LogP contribution >= 0.6 is 11.8 Å². The summed E-state index contributed by atoms with van der Waals surface area (Å²) in [6.45, 7) is 4.19. The highest BCUT2D eigenvalue weighted by atomic mass is 32.2. The van der Waals surface area contributed by atoms with Crippen LogP contribution in [0, 0.1) is 19.7 Å². The molecule has 0 saturated carbocycles. The van der Waals surface area contributed by atoms with Gasteiger partial charge in [0.15, 0.2) is 0 Å². The lowest BCUT2D eigenvalue weighted by Crippen LogP contribution is -1.90. The van der Waals surface area contributed by atoms with Crippen LogP contribution in [0.25, 0.3) is 11.1 Å². The van der Waals surface area contributed by atoms with Crippen LogP contribution in [0.2, 0.25) is 0 Å². The molecule has 0 aliphatic rings. The zero-order chi connectivity index (χ0) is 16.2. The molecule has 0 aromatic heterocycles. The summed E-state index contributed by atoms with van der Waals surface area (Å²) < 4.78 is 13.5. The Hall–Kier alpha value is -2.06. The third kappa shape index (κ3) is 4.02. The van der Waals surface area contributed by atoms with E-state index in [9.17, 15) is 4.39 Å². The molecule has 0 atom stereocenters. The summed E-state index contributed by atoms with van der Waals surface area (Å²) in [6.07, 6.45) is 0. The van der Waals surface area contributed by atoms with Crippen molar-refractivity contribution in [3.63, 3.8) is 0 Å². The summed E-state index contributed by atoms with van der Waals surface area (Å²) in [5, 5.41) is 0. The van der Waals surface area contributed by atoms with E-state index in [1.54, 1.807) is 12.1 Å². The zero-order valence-corrected chi connectivity index (χ0v) is 14.2. The summed E-state index contributed by atoms with van der Waals surface area (Å²) in [5.74, 6) is 0.677. The molecule has 0 radical (unpaired) electrons. The van der Waals surface area contributed by atoms with Crippen molar-refractivity contribution in [2.24, 2.45) is 0 Å². The molecule has 0 aliphatic carbocycles. The Labute approximate surface area is 141 Å². The summed E-state index contributed by atoms with van der Waals surface area (Å²) in [5.41, 5.74) is 5.77. The Balaban J connectivity index is 1.88. The average Bonchev–Trinajstić information content (AvgIpc) is 2.54. The van der Waals surface area contributed by atoms with Crippen LogP contribution in [0.5, 0.6) is 0 Å². The molecular formula is C21H19FS. The second kappa shape index (κ2) is 7.01. The number of rotatable bonds is 4. The van der Waals surface area contributed by atoms with Crippen molar-refractivity contribution in [3.8, 4) is 11.1 Å². The van der Waals surface area contributed by atoms with E-state index in [0.717, 1.165) is 16.9 Å². The van der Waals surface area contributed by atoms with Crippen LogP contribution in [0.4, 0.5) is 4.39 Å². The van der Waals surface area contributed by atoms with Crippen LogP contribution in [0.15, 0.2) is 71.6 Å². The highest BCUT2D eigenvalue weighted by Crippen LogP contribution is 2.31. The third-order valence-corrected chi connectivity index (χ3v) is 4.87. The molecule has 0 saturated heterocycles. The minimum absolute atomic E-state index is 0.194. The standard InChI is InChI=1S/C21H19FS/c1-15-6-9-20(10-7-15)23-14-18-12-16(2)8-11-21(18)17-4-3-5-19(22)13-17/h3-13H,14H2,1-2H3. The maximum absolute atomic E-state index is 13.5. The number of hydrogen-bond acceptors (Lipinski definition) is 1. The zero-order valence-electron chi connectivity index (χ0n) is 13.3. The van der Waals surface area contributed by atoms with Crippen LogP contribution < -0.4 is 0 Å². The van der Waals surface area contributed by atoms with Gasteiger partial charge >= 0.3 is 0 Å². The topological polar surface area (TPSA) is 0 Å². The molecule has 2 heteroatoms. The van der Waals surface area contributed by atoms with E-state index in [-0.39, 0.29) is 5.82 Å². The summed E-state index contributed by atoms with van der Waals surface area (Å²) >= 11 is 1.81. The number of aryl methyl sites for hydroxylation is 2. The molecule has 0 N–H and O–H groups in total. The first-order chi connectivity index (χ1) is 11.1. The van der Waals surface area contributed by atoms with E-state index < -0.39 is 0 Å². The molecule has 116 valence electrons. The minimum Gasteiger partial charge on any atom is -0.207 e. The molecule has 0 nitrogen and oxygen atoms in total. The Bertz CT molecular complexity index is 806. The Morgan fingerprint density at radius 2 is 1.57 bits per heavy atom. The molecule has 0 aliphatic heterocycles. The van der Waals surface area contributed by atoms with Crippen molar-refractivity contribution in [1.29, 1.82) is 0 Å². The SMILES string of the molecule is Cc1ccc(SCc2cc(C)ccc2-c2cccc(F)c2)cc1. The van der Waals surface area contributed by atoms with E-state index in [1.807, 2.05) is 17.8 Å². The van der Waals surface area contributed by atoms with Gasteiger partial charge in [-0.15, -0.1) is 11.8 Å². The molecule has 3 aromatic rings. The van der Waals surface area contributed by atoms with E-state index >= 15 is 0 Å². The van der Waals surface area contributed by atoms with E-state index in [2.05, 4.69) is 56.3 Å². The molecule has 0 unspecified atom stereocenters. The summed E-state index contributed by atoms with van der Waals surface area (Å²) in [6, 6.07) is 21.8. The maximum Gasteiger partial charge on any atom is 0.123 e. The van der Waals surface area contributed by atoms with Gasteiger partial charge in [0, 0.05) is 10.6 Å². The summed E-state index contributed by atoms with van der Waals surface area (Å²) in [4.78, 5) is 1.25. The Kier molecular flexibility index (Phi) is 4.82. The van der Waals surface area contributed by atoms with Gasteiger partial charge < -0.3 is 0 Å². The van der Waals surface area contributed by atoms with Crippen molar-refractivity contribution in [3.05, 3.63) is 89.2 Å². The van der Waals surface area contributed by atoms with Gasteiger partial charge in [-0.2, -0.15) is 0 Å². The van der Waals surface area contributed by atoms with E-state index in [1.165, 1.54) is 27.7 Å². The normalized spacial score (nSPS) is 10.7. The fourth-order valence-corrected chi connectivity index (χ4v) is 3.46. The third-order valence-electron chi connectivity index (χ3n) is 3.81. The number of thioether (sulfide) groups is 1. The second-order valence-corrected chi connectivity index (χ2v) is 6.82. The van der Waals surface area contributed by atoms with Gasteiger partial charge in [-0.3, -0.25) is 0 Å². The second-order valence-electron chi connectivity index (χ2n) is 5.77. The van der Waals surface area contributed by atoms with Gasteiger partial charge in [-0.1, -0.05) is 53.6 Å². The van der Waals surface area contributed by atoms with Crippen molar-refractivity contribution >= 4 is 11.8 Å². The molecular weight excluding hydrogens is 303 g/mol. The summed E-state index contributed by atoms with van der Waals surface area (Å²) in [7, 11) is 0. The first kappa shape index (κ1) is 15.8. The van der Waals surface area contributed by atoms with Gasteiger partial charge in [0.1, 0.15) is 5.82 Å². The first-order valence-electron chi connectivity index (χ1n) is 7.67. The van der Waals surface area contributed by atoms with Crippen LogP contribution in [-0.2, 0) is 5.75 Å². The molecule has 0 heterocycles. The van der Waals surface area contributed by atoms with Gasteiger partial charge in [0.25, 0.3) is 0 Å². The first-order valence-corrected chi connectivity index (χ1v) is 8.65. The van der Waals surface area contributed by atoms with Crippen molar-refractivity contribution in [2.45, 2.75) is 24.5 Å². The average molecular weight is 322 g/mol. The van der Waals surface area contributed by atoms with Crippen molar-refractivity contribution in [1.82, 2.24) is 0 Å². The van der Waals surface area contributed by atoms with Crippen molar-refractivity contribution in [2.75, 3.05) is 0 Å². The molecule has 3 rings (SSSR count). The molecule has 0 fully saturated rings. The predicted molar refractivity (Wildman–Crippen MR) is 97.3 cm³/mol. The number of halogens is 1. The van der Waals surface area contributed by atoms with Crippen LogP contribution in [-0.4, -0.2) is 0 Å². The highest BCUT2D eigenvalue weighted by Gasteiger charge is 2.07. The molecule has 23 heavy (non-hydrogen) atoms. The number of hydrogen-bond donors (Lipinski definition) is 0. The highest BCUT2D eigenvalue weighted by molar-refractivity contribution is 7.98. The monoisotopic (exact) mass is 322 g/mol. The largest absolute Gasteiger partial charge is 0.207 e.